The van der Waals surface area contributed by atoms with Crippen LogP contribution in [-0.4, -0.2) is 40.4 Å². The summed E-state index contributed by atoms with van der Waals surface area (Å²) in [5, 5.41) is 18.9. The minimum absolute atomic E-state index is 0.0159. The van der Waals surface area contributed by atoms with Crippen LogP contribution in [0.4, 0.5) is 17.5 Å². The predicted octanol–water partition coefficient (Wildman–Crippen LogP) is 0.365. The van der Waals surface area contributed by atoms with Gasteiger partial charge in [0, 0.05) is 13.1 Å². The first-order valence-electron chi connectivity index (χ1n) is 5.84. The lowest BCUT2D eigenvalue weighted by Gasteiger charge is -2.07. The lowest BCUT2D eigenvalue weighted by Crippen LogP contribution is -2.29. The zero-order valence-corrected chi connectivity index (χ0v) is 10.8. The van der Waals surface area contributed by atoms with Crippen molar-refractivity contribution in [1.29, 1.82) is 0 Å². The molecule has 0 atom stereocenters. The third kappa shape index (κ3) is 4.37. The molecule has 0 aliphatic carbocycles. The van der Waals surface area contributed by atoms with Crippen LogP contribution in [0, 0.1) is 10.1 Å². The molecule has 0 saturated heterocycles. The molecule has 0 unspecified atom stereocenters. The molecule has 19 heavy (non-hydrogen) atoms. The number of likely N-dealkylation sites (N-methyl/N-ethyl adjacent to an activating group) is 1. The Morgan fingerprint density at radius 3 is 2.68 bits per heavy atom. The smallest absolute Gasteiger partial charge is 0.329 e. The molecule has 0 aliphatic heterocycles. The molecule has 0 fully saturated rings. The van der Waals surface area contributed by atoms with Crippen LogP contribution < -0.4 is 16.0 Å². The molecule has 3 N–H and O–H groups in total. The van der Waals surface area contributed by atoms with E-state index in [4.69, 9.17) is 0 Å². The second-order valence-electron chi connectivity index (χ2n) is 3.52. The Labute approximate surface area is 110 Å². The van der Waals surface area contributed by atoms with Crippen molar-refractivity contribution in [2.75, 3.05) is 30.3 Å². The van der Waals surface area contributed by atoms with Crippen molar-refractivity contribution in [2.45, 2.75) is 13.8 Å². The summed E-state index contributed by atoms with van der Waals surface area (Å²) in [7, 11) is 0. The van der Waals surface area contributed by atoms with Gasteiger partial charge in [-0.1, -0.05) is 0 Å². The zero-order valence-electron chi connectivity index (χ0n) is 10.8. The van der Waals surface area contributed by atoms with E-state index < -0.39 is 4.92 Å². The minimum Gasteiger partial charge on any atom is -0.355 e. The standard InChI is InChI=1S/C10H16N6O3/c1-3-11-8(17)6-13-9-7(16(18)19)5-14-10(15-9)12-4-2/h5H,3-4,6H2,1-2H3,(H,11,17)(H2,12,13,14,15). The Hall–Kier alpha value is -2.45. The third-order valence-corrected chi connectivity index (χ3v) is 2.09. The van der Waals surface area contributed by atoms with E-state index >= 15 is 0 Å². The minimum atomic E-state index is -0.601. The first-order chi connectivity index (χ1) is 9.08. The van der Waals surface area contributed by atoms with Crippen molar-refractivity contribution in [1.82, 2.24) is 15.3 Å². The van der Waals surface area contributed by atoms with Crippen molar-refractivity contribution < 1.29 is 9.72 Å². The van der Waals surface area contributed by atoms with Crippen molar-refractivity contribution in [3.63, 3.8) is 0 Å². The van der Waals surface area contributed by atoms with Crippen LogP contribution in [0.1, 0.15) is 13.8 Å². The summed E-state index contributed by atoms with van der Waals surface area (Å²) >= 11 is 0. The fraction of sp³-hybridized carbons (Fsp3) is 0.500. The van der Waals surface area contributed by atoms with E-state index in [1.807, 2.05) is 6.92 Å². The summed E-state index contributed by atoms with van der Waals surface area (Å²) in [4.78, 5) is 29.3. The highest BCUT2D eigenvalue weighted by Gasteiger charge is 2.17. The number of hydrogen-bond acceptors (Lipinski definition) is 7. The molecule has 104 valence electrons. The fourth-order valence-electron chi connectivity index (χ4n) is 1.31. The molecule has 1 aromatic rings. The van der Waals surface area contributed by atoms with Gasteiger partial charge in [0.15, 0.2) is 0 Å². The Morgan fingerprint density at radius 1 is 1.37 bits per heavy atom. The van der Waals surface area contributed by atoms with Gasteiger partial charge in [-0.25, -0.2) is 4.98 Å². The second kappa shape index (κ2) is 7.09. The van der Waals surface area contributed by atoms with Crippen LogP contribution in [0.15, 0.2) is 6.20 Å². The van der Waals surface area contributed by atoms with Crippen LogP contribution in [0.25, 0.3) is 0 Å². The number of hydrogen-bond donors (Lipinski definition) is 3. The summed E-state index contributed by atoms with van der Waals surface area (Å²) in [5.41, 5.74) is -0.272. The van der Waals surface area contributed by atoms with Gasteiger partial charge < -0.3 is 16.0 Å². The molecule has 0 aromatic carbocycles. The summed E-state index contributed by atoms with van der Waals surface area (Å²) in [5.74, 6) is 0.0223. The van der Waals surface area contributed by atoms with E-state index in [0.717, 1.165) is 6.20 Å². The molecule has 0 saturated carbocycles. The highest BCUT2D eigenvalue weighted by Crippen LogP contribution is 2.21. The summed E-state index contributed by atoms with van der Waals surface area (Å²) < 4.78 is 0. The third-order valence-electron chi connectivity index (χ3n) is 2.09. The monoisotopic (exact) mass is 268 g/mol. The molecule has 1 aromatic heterocycles. The van der Waals surface area contributed by atoms with Gasteiger partial charge in [-0.3, -0.25) is 14.9 Å². The van der Waals surface area contributed by atoms with Gasteiger partial charge >= 0.3 is 5.69 Å². The van der Waals surface area contributed by atoms with Crippen LogP contribution in [0.5, 0.6) is 0 Å². The lowest BCUT2D eigenvalue weighted by molar-refractivity contribution is -0.384. The van der Waals surface area contributed by atoms with E-state index in [1.165, 1.54) is 0 Å². The van der Waals surface area contributed by atoms with Crippen LogP contribution in [-0.2, 0) is 4.79 Å². The van der Waals surface area contributed by atoms with E-state index in [9.17, 15) is 14.9 Å². The molecule has 0 aliphatic rings. The summed E-state index contributed by atoms with van der Waals surface area (Å²) in [6, 6.07) is 0. The summed E-state index contributed by atoms with van der Waals surface area (Å²) in [6.45, 7) is 4.64. The Bertz CT molecular complexity index is 465. The van der Waals surface area contributed by atoms with E-state index in [2.05, 4.69) is 25.9 Å². The number of nitrogens with zero attached hydrogens (tertiary/aromatic N) is 3. The maximum Gasteiger partial charge on any atom is 0.329 e. The predicted molar refractivity (Wildman–Crippen MR) is 70.0 cm³/mol. The van der Waals surface area contributed by atoms with E-state index in [0.29, 0.717) is 13.1 Å². The zero-order chi connectivity index (χ0) is 14.3. The van der Waals surface area contributed by atoms with Gasteiger partial charge in [0.2, 0.25) is 17.7 Å². The topological polar surface area (TPSA) is 122 Å². The van der Waals surface area contributed by atoms with E-state index in [-0.39, 0.29) is 29.9 Å². The SMILES string of the molecule is CCNC(=O)CNc1nc(NCC)ncc1[N+](=O)[O-]. The van der Waals surface area contributed by atoms with Crippen LogP contribution in [0.2, 0.25) is 0 Å². The van der Waals surface area contributed by atoms with Crippen molar-refractivity contribution in [3.05, 3.63) is 16.3 Å². The maximum absolute atomic E-state index is 11.3. The average molecular weight is 268 g/mol. The van der Waals surface area contributed by atoms with Gasteiger partial charge in [0.25, 0.3) is 0 Å². The molecule has 0 spiro atoms. The average Bonchev–Trinajstić information content (AvgIpc) is 2.37. The molecular formula is C10H16N6O3. The number of carbonyl (C=O) groups is 1. The normalized spacial score (nSPS) is 9.79. The molecule has 1 rings (SSSR count). The first kappa shape index (κ1) is 14.6. The Morgan fingerprint density at radius 2 is 2.11 bits per heavy atom. The number of nitrogens with one attached hydrogen (secondary N) is 3. The number of amides is 1. The second-order valence-corrected chi connectivity index (χ2v) is 3.52. The van der Waals surface area contributed by atoms with Crippen LogP contribution in [0.3, 0.4) is 0 Å². The Balaban J connectivity index is 2.85. The summed E-state index contributed by atoms with van der Waals surface area (Å²) in [6.07, 6.45) is 1.10. The molecule has 1 heterocycles. The number of nitro groups is 1. The van der Waals surface area contributed by atoms with Crippen molar-refractivity contribution in [2.24, 2.45) is 0 Å². The van der Waals surface area contributed by atoms with Crippen molar-refractivity contribution >= 4 is 23.4 Å². The van der Waals surface area contributed by atoms with Gasteiger partial charge in [0.1, 0.15) is 6.20 Å². The van der Waals surface area contributed by atoms with Crippen molar-refractivity contribution in [3.8, 4) is 0 Å². The Kier molecular flexibility index (Phi) is 5.45. The fourth-order valence-corrected chi connectivity index (χ4v) is 1.31. The molecule has 0 bridgehead atoms. The number of anilines is 2. The maximum atomic E-state index is 11.3. The van der Waals surface area contributed by atoms with E-state index in [1.54, 1.807) is 6.92 Å². The molecule has 1 amide bonds. The van der Waals surface area contributed by atoms with Gasteiger partial charge in [-0.05, 0) is 13.8 Å². The van der Waals surface area contributed by atoms with Gasteiger partial charge in [-0.2, -0.15) is 4.98 Å². The number of aromatic nitrogens is 2. The van der Waals surface area contributed by atoms with Gasteiger partial charge in [0.05, 0.1) is 11.5 Å². The first-order valence-corrected chi connectivity index (χ1v) is 5.84. The largest absolute Gasteiger partial charge is 0.355 e. The molecular weight excluding hydrogens is 252 g/mol. The number of rotatable bonds is 7. The van der Waals surface area contributed by atoms with Gasteiger partial charge in [-0.15, -0.1) is 0 Å². The molecule has 9 nitrogen and oxygen atoms in total. The number of carbonyl (C=O) groups excluding carboxylic acids is 1. The lowest BCUT2D eigenvalue weighted by atomic mass is 10.4. The highest BCUT2D eigenvalue weighted by atomic mass is 16.6. The quantitative estimate of drug-likeness (QED) is 0.482. The highest BCUT2D eigenvalue weighted by molar-refractivity contribution is 5.81. The molecule has 9 heteroatoms. The van der Waals surface area contributed by atoms with Crippen LogP contribution >= 0.6 is 0 Å². The molecule has 0 radical (unpaired) electrons.